The second kappa shape index (κ2) is 9.79. The molecule has 6 heteroatoms. The average Bonchev–Trinajstić information content (AvgIpc) is 2.74. The zero-order chi connectivity index (χ0) is 22.5. The van der Waals surface area contributed by atoms with Gasteiger partial charge in [-0.3, -0.25) is 9.59 Å². The van der Waals surface area contributed by atoms with Gasteiger partial charge in [-0.05, 0) is 48.3 Å². The number of aliphatic carboxylic acids is 1. The Morgan fingerprint density at radius 1 is 1.06 bits per heavy atom. The van der Waals surface area contributed by atoms with Gasteiger partial charge in [0.25, 0.3) is 0 Å². The molecule has 0 heterocycles. The van der Waals surface area contributed by atoms with Crippen LogP contribution in [0.25, 0.3) is 5.57 Å². The summed E-state index contributed by atoms with van der Waals surface area (Å²) in [7, 11) is 6.10. The number of nitrogens with zero attached hydrogens (tertiary/aromatic N) is 1. The monoisotopic (exact) mass is 422 g/mol. The Bertz CT molecular complexity index is 952. The molecule has 164 valence electrons. The van der Waals surface area contributed by atoms with E-state index in [1.54, 1.807) is 0 Å². The minimum absolute atomic E-state index is 0.190. The third-order valence-corrected chi connectivity index (χ3v) is 5.81. The zero-order valence-electron chi connectivity index (χ0n) is 18.4. The Labute approximate surface area is 183 Å². The number of likely N-dealkylation sites (N-methyl/N-ethyl adjacent to an activating group) is 1. The molecule has 3 rings (SSSR count). The van der Waals surface area contributed by atoms with Crippen LogP contribution in [0.5, 0.6) is 0 Å². The molecule has 0 aliphatic heterocycles. The van der Waals surface area contributed by atoms with E-state index in [1.165, 1.54) is 4.90 Å². The van der Waals surface area contributed by atoms with Crippen molar-refractivity contribution < 1.29 is 24.7 Å². The van der Waals surface area contributed by atoms with Crippen LogP contribution in [-0.2, 0) is 9.59 Å². The first kappa shape index (κ1) is 22.6. The topological polar surface area (TPSA) is 85.1 Å². The van der Waals surface area contributed by atoms with Crippen LogP contribution in [-0.4, -0.2) is 50.6 Å². The van der Waals surface area contributed by atoms with E-state index in [4.69, 9.17) is 5.11 Å². The van der Waals surface area contributed by atoms with Crippen molar-refractivity contribution in [2.24, 2.45) is 0 Å². The molecule has 0 atom stereocenters. The minimum atomic E-state index is -0.755. The molecule has 0 saturated heterocycles. The maximum atomic E-state index is 12.7. The molecule has 1 aromatic carbocycles. The highest BCUT2D eigenvalue weighted by Crippen LogP contribution is 2.37. The van der Waals surface area contributed by atoms with Crippen molar-refractivity contribution in [2.75, 3.05) is 32.6 Å². The van der Waals surface area contributed by atoms with Crippen LogP contribution in [0, 0.1) is 0 Å². The maximum absolute atomic E-state index is 12.7. The molecule has 0 spiro atoms. The standard InChI is InChI=1S/C25H30N2O4/c1-26(2)19-12-8-17(9-13-19)22-24(30)23(25(22)31)18-10-14-20(15-11-18)27(3)16-6-4-5-7-21(28)29/h8-15,19,30H,4-7,16H2,1-3H3,(H,28,29). The van der Waals surface area contributed by atoms with Gasteiger partial charge >= 0.3 is 5.97 Å². The first-order chi connectivity index (χ1) is 14.8. The zero-order valence-corrected chi connectivity index (χ0v) is 18.4. The predicted molar refractivity (Wildman–Crippen MR) is 120 cm³/mol. The van der Waals surface area contributed by atoms with Gasteiger partial charge in [-0.2, -0.15) is 0 Å². The summed E-state index contributed by atoms with van der Waals surface area (Å²) in [6, 6.07) is 7.72. The molecule has 0 fully saturated rings. The lowest BCUT2D eigenvalue weighted by Gasteiger charge is -2.33. The van der Waals surface area contributed by atoms with E-state index < -0.39 is 5.97 Å². The number of Topliss-reactive ketones (excluding diaryl/α,β-unsaturated/α-hetero) is 1. The van der Waals surface area contributed by atoms with E-state index >= 15 is 0 Å². The molecule has 0 unspecified atom stereocenters. The van der Waals surface area contributed by atoms with E-state index in [0.717, 1.165) is 25.1 Å². The number of carboxylic acids is 1. The predicted octanol–water partition coefficient (Wildman–Crippen LogP) is 1.36. The highest BCUT2D eigenvalue weighted by Gasteiger charge is 2.30. The second-order valence-electron chi connectivity index (χ2n) is 8.36. The van der Waals surface area contributed by atoms with Gasteiger partial charge in [-0.1, -0.05) is 36.5 Å². The third-order valence-electron chi connectivity index (χ3n) is 5.81. The Hall–Kier alpha value is -3.12. The number of allylic oxidation sites excluding steroid dienone is 5. The van der Waals surface area contributed by atoms with Gasteiger partial charge in [0.05, 0.1) is 14.1 Å². The van der Waals surface area contributed by atoms with E-state index in [1.807, 2.05) is 55.6 Å². The van der Waals surface area contributed by atoms with Gasteiger partial charge in [0, 0.05) is 36.8 Å². The third kappa shape index (κ3) is 5.14. The van der Waals surface area contributed by atoms with Crippen molar-refractivity contribution in [1.82, 2.24) is 0 Å². The number of unbranched alkanes of at least 4 members (excludes halogenated alkanes) is 2. The summed E-state index contributed by atoms with van der Waals surface area (Å²) < 4.78 is 0. The second-order valence-corrected chi connectivity index (χ2v) is 8.36. The number of hydrogen-bond donors (Lipinski definition) is 2. The van der Waals surface area contributed by atoms with Gasteiger partial charge in [0.1, 0.15) is 6.04 Å². The van der Waals surface area contributed by atoms with Crippen LogP contribution in [0.1, 0.15) is 31.2 Å². The molecule has 0 bridgehead atoms. The van der Waals surface area contributed by atoms with Crippen LogP contribution in [0.4, 0.5) is 5.69 Å². The van der Waals surface area contributed by atoms with Crippen molar-refractivity contribution in [3.8, 4) is 0 Å². The Morgan fingerprint density at radius 2 is 1.71 bits per heavy atom. The van der Waals surface area contributed by atoms with Gasteiger partial charge in [0.2, 0.25) is 0 Å². The van der Waals surface area contributed by atoms with Crippen LogP contribution >= 0.6 is 0 Å². The largest absolute Gasteiger partial charge is 0.871 e. The van der Waals surface area contributed by atoms with Crippen LogP contribution in [0.3, 0.4) is 0 Å². The molecule has 2 N–H and O–H groups in total. The van der Waals surface area contributed by atoms with E-state index in [9.17, 15) is 14.7 Å². The fourth-order valence-electron chi connectivity index (χ4n) is 3.82. The average molecular weight is 423 g/mol. The Balaban J connectivity index is 1.64. The van der Waals surface area contributed by atoms with Crippen molar-refractivity contribution in [3.05, 3.63) is 71.0 Å². The number of ketones is 1. The lowest BCUT2D eigenvalue weighted by atomic mass is 9.80. The van der Waals surface area contributed by atoms with E-state index in [2.05, 4.69) is 19.0 Å². The summed E-state index contributed by atoms with van der Waals surface area (Å²) in [5.41, 5.74) is 2.87. The number of hydrogen-bond acceptors (Lipinski definition) is 4. The fourth-order valence-corrected chi connectivity index (χ4v) is 3.82. The molecular formula is C25H30N2O4. The fraction of sp³-hybridized carbons (Fsp3) is 0.360. The summed E-state index contributed by atoms with van der Waals surface area (Å²) in [5.74, 6) is -1.14. The number of benzene rings is 1. The number of quaternary nitrogens is 1. The van der Waals surface area contributed by atoms with Crippen LogP contribution in [0.15, 0.2) is 65.5 Å². The molecule has 0 saturated carbocycles. The molecular weight excluding hydrogens is 392 g/mol. The number of carbonyl (C=O) groups excluding carboxylic acids is 1. The number of carbonyl (C=O) groups is 2. The van der Waals surface area contributed by atoms with Crippen molar-refractivity contribution in [2.45, 2.75) is 31.7 Å². The summed E-state index contributed by atoms with van der Waals surface area (Å²) in [6.45, 7) is 0.817. The van der Waals surface area contributed by atoms with Gasteiger partial charge in [-0.15, -0.1) is 0 Å². The van der Waals surface area contributed by atoms with Crippen LogP contribution < -0.4 is 14.9 Å². The summed E-state index contributed by atoms with van der Waals surface area (Å²) in [6.07, 6.45) is 10.4. The van der Waals surface area contributed by atoms with Crippen molar-refractivity contribution >= 4 is 23.0 Å². The van der Waals surface area contributed by atoms with E-state index in [-0.39, 0.29) is 35.2 Å². The van der Waals surface area contributed by atoms with Gasteiger partial charge in [0.15, 0.2) is 5.78 Å². The molecule has 0 aromatic heterocycles. The molecule has 2 aliphatic rings. The first-order valence-corrected chi connectivity index (χ1v) is 10.7. The quantitative estimate of drug-likeness (QED) is 0.464. The summed E-state index contributed by atoms with van der Waals surface area (Å²) >= 11 is 0. The molecule has 1 aromatic rings. The summed E-state index contributed by atoms with van der Waals surface area (Å²) in [5, 5.41) is 21.4. The van der Waals surface area contributed by atoms with Crippen LogP contribution in [0.2, 0.25) is 0 Å². The Kier molecular flexibility index (Phi) is 7.13. The van der Waals surface area contributed by atoms with Gasteiger partial charge < -0.3 is 20.0 Å². The molecule has 0 radical (unpaired) electrons. The smallest absolute Gasteiger partial charge is 0.303 e. The normalized spacial score (nSPS) is 18.1. The number of rotatable bonds is 9. The lowest BCUT2D eigenvalue weighted by molar-refractivity contribution is -0.871. The van der Waals surface area contributed by atoms with E-state index in [0.29, 0.717) is 17.6 Å². The maximum Gasteiger partial charge on any atom is 0.303 e. The SMILES string of the molecule is CN(CCCCCC(=O)O)c1ccc(C2=C([O-])C(=C3C=CC([NH+](C)C)C=C3)C2=O)cc1. The molecule has 6 nitrogen and oxygen atoms in total. The Morgan fingerprint density at radius 3 is 2.26 bits per heavy atom. The molecule has 0 amide bonds. The molecule has 2 aliphatic carbocycles. The van der Waals surface area contributed by atoms with Crippen molar-refractivity contribution in [1.29, 1.82) is 0 Å². The first-order valence-electron chi connectivity index (χ1n) is 10.7. The highest BCUT2D eigenvalue weighted by atomic mass is 16.4. The number of nitrogens with one attached hydrogen (secondary N) is 1. The molecule has 31 heavy (non-hydrogen) atoms. The minimum Gasteiger partial charge on any atom is -0.871 e. The number of anilines is 1. The number of carboxylic acid groups (broad SMARTS) is 1. The highest BCUT2D eigenvalue weighted by molar-refractivity contribution is 6.39. The van der Waals surface area contributed by atoms with Crippen molar-refractivity contribution in [3.63, 3.8) is 0 Å². The summed E-state index contributed by atoms with van der Waals surface area (Å²) in [4.78, 5) is 26.6. The van der Waals surface area contributed by atoms with Gasteiger partial charge in [-0.25, -0.2) is 0 Å². The lowest BCUT2D eigenvalue weighted by Crippen LogP contribution is -3.09.